The maximum absolute atomic E-state index is 11.2. The smallest absolute Gasteiger partial charge is 0.330 e. The third-order valence-corrected chi connectivity index (χ3v) is 3.07. The quantitative estimate of drug-likeness (QED) is 0.460. The van der Waals surface area contributed by atoms with Crippen molar-refractivity contribution in [3.05, 3.63) is 65.7 Å². The first-order chi connectivity index (χ1) is 11.2. The topological polar surface area (TPSA) is 47.9 Å². The normalized spacial score (nSPS) is 11.0. The van der Waals surface area contributed by atoms with E-state index in [-0.39, 0.29) is 5.97 Å². The van der Waals surface area contributed by atoms with Gasteiger partial charge >= 0.3 is 5.97 Å². The highest BCUT2D eigenvalue weighted by molar-refractivity contribution is 5.87. The van der Waals surface area contributed by atoms with E-state index in [1.54, 1.807) is 26.3 Å². The molecule has 0 atom stereocenters. The fourth-order valence-corrected chi connectivity index (χ4v) is 1.87. The summed E-state index contributed by atoms with van der Waals surface area (Å²) in [5, 5.41) is 0. The first-order valence-electron chi connectivity index (χ1n) is 7.34. The van der Waals surface area contributed by atoms with Gasteiger partial charge in [0.2, 0.25) is 0 Å². The number of rotatable bonds is 6. The van der Waals surface area contributed by atoms with Gasteiger partial charge in [-0.1, -0.05) is 12.1 Å². The van der Waals surface area contributed by atoms with E-state index < -0.39 is 0 Å². The van der Waals surface area contributed by atoms with Crippen LogP contribution in [0.5, 0.6) is 5.75 Å². The van der Waals surface area contributed by atoms with Gasteiger partial charge in [-0.25, -0.2) is 4.79 Å². The Hall–Kier alpha value is -2.88. The van der Waals surface area contributed by atoms with Crippen LogP contribution in [-0.4, -0.2) is 25.9 Å². The van der Waals surface area contributed by atoms with Crippen molar-refractivity contribution in [3.63, 3.8) is 0 Å². The number of aliphatic imine (C=N–C) groups is 1. The molecule has 0 amide bonds. The second-order valence-electron chi connectivity index (χ2n) is 4.71. The molecule has 0 aromatic heterocycles. The molecule has 0 aliphatic rings. The minimum atomic E-state index is -0.339. The first-order valence-corrected chi connectivity index (χ1v) is 7.34. The molecule has 118 valence electrons. The predicted octanol–water partition coefficient (Wildman–Crippen LogP) is 4.02. The Kier molecular flexibility index (Phi) is 6.12. The second-order valence-corrected chi connectivity index (χ2v) is 4.71. The summed E-state index contributed by atoms with van der Waals surface area (Å²) in [5.74, 6) is 0.481. The zero-order chi connectivity index (χ0) is 16.5. The Morgan fingerprint density at radius 1 is 1.04 bits per heavy atom. The van der Waals surface area contributed by atoms with E-state index in [2.05, 4.69) is 4.99 Å². The van der Waals surface area contributed by atoms with Crippen LogP contribution in [0.4, 0.5) is 5.69 Å². The fourth-order valence-electron chi connectivity index (χ4n) is 1.87. The van der Waals surface area contributed by atoms with Gasteiger partial charge in [0.05, 0.1) is 19.4 Å². The summed E-state index contributed by atoms with van der Waals surface area (Å²) in [6, 6.07) is 15.3. The van der Waals surface area contributed by atoms with Gasteiger partial charge < -0.3 is 9.47 Å². The molecule has 0 aliphatic carbocycles. The van der Waals surface area contributed by atoms with Crippen LogP contribution in [0.3, 0.4) is 0 Å². The lowest BCUT2D eigenvalue weighted by Crippen LogP contribution is -1.98. The SMILES string of the molecule is CCOC(=O)/C=C/c1ccc(N=Cc2ccc(OC)cc2)cc1. The average molecular weight is 309 g/mol. The highest BCUT2D eigenvalue weighted by atomic mass is 16.5. The van der Waals surface area contributed by atoms with Crippen LogP contribution >= 0.6 is 0 Å². The lowest BCUT2D eigenvalue weighted by Gasteiger charge is -1.99. The molecule has 2 rings (SSSR count). The van der Waals surface area contributed by atoms with Crippen LogP contribution in [0, 0.1) is 0 Å². The number of hydrogen-bond donors (Lipinski definition) is 0. The summed E-state index contributed by atoms with van der Waals surface area (Å²) in [5.41, 5.74) is 2.76. The minimum absolute atomic E-state index is 0.339. The molecule has 0 unspecified atom stereocenters. The van der Waals surface area contributed by atoms with Crippen LogP contribution in [-0.2, 0) is 9.53 Å². The van der Waals surface area contributed by atoms with Gasteiger partial charge in [0, 0.05) is 12.3 Å². The number of benzene rings is 2. The predicted molar refractivity (Wildman–Crippen MR) is 92.4 cm³/mol. The number of nitrogens with zero attached hydrogens (tertiary/aromatic N) is 1. The van der Waals surface area contributed by atoms with Gasteiger partial charge in [-0.3, -0.25) is 4.99 Å². The third kappa shape index (κ3) is 5.43. The standard InChI is InChI=1S/C19H19NO3/c1-3-23-19(21)13-8-15-4-9-17(10-5-15)20-14-16-6-11-18(22-2)12-7-16/h4-14H,3H2,1-2H3/b13-8+,20-14?. The molecular weight excluding hydrogens is 290 g/mol. The van der Waals surface area contributed by atoms with Crippen molar-refractivity contribution in [1.82, 2.24) is 0 Å². The maximum Gasteiger partial charge on any atom is 0.330 e. The van der Waals surface area contributed by atoms with Gasteiger partial charge in [0.15, 0.2) is 0 Å². The van der Waals surface area contributed by atoms with Crippen molar-refractivity contribution in [3.8, 4) is 5.75 Å². The molecule has 0 saturated heterocycles. The summed E-state index contributed by atoms with van der Waals surface area (Å²) in [6.45, 7) is 2.16. The monoisotopic (exact) mass is 309 g/mol. The average Bonchev–Trinajstić information content (AvgIpc) is 2.60. The van der Waals surface area contributed by atoms with Gasteiger partial charge in [-0.2, -0.15) is 0 Å². The molecule has 0 radical (unpaired) electrons. The highest BCUT2D eigenvalue weighted by Crippen LogP contribution is 2.15. The molecule has 2 aromatic rings. The van der Waals surface area contributed by atoms with Gasteiger partial charge in [-0.05, 0) is 60.5 Å². The van der Waals surface area contributed by atoms with Crippen molar-refractivity contribution in [2.45, 2.75) is 6.92 Å². The number of esters is 1. The van der Waals surface area contributed by atoms with E-state index >= 15 is 0 Å². The fraction of sp³-hybridized carbons (Fsp3) is 0.158. The summed E-state index contributed by atoms with van der Waals surface area (Å²) in [7, 11) is 1.64. The van der Waals surface area contributed by atoms with Crippen LogP contribution in [0.25, 0.3) is 6.08 Å². The lowest BCUT2D eigenvalue weighted by atomic mass is 10.2. The molecule has 0 fully saturated rings. The second kappa shape index (κ2) is 8.54. The first kappa shape index (κ1) is 16.5. The molecule has 0 spiro atoms. The number of methoxy groups -OCH3 is 1. The van der Waals surface area contributed by atoms with E-state index in [1.165, 1.54) is 6.08 Å². The van der Waals surface area contributed by atoms with E-state index in [4.69, 9.17) is 9.47 Å². The zero-order valence-corrected chi connectivity index (χ0v) is 13.2. The number of hydrogen-bond acceptors (Lipinski definition) is 4. The Labute approximate surface area is 136 Å². The van der Waals surface area contributed by atoms with E-state index in [0.29, 0.717) is 6.61 Å². The van der Waals surface area contributed by atoms with Crippen LogP contribution < -0.4 is 4.74 Å². The molecule has 0 aliphatic heterocycles. The van der Waals surface area contributed by atoms with Crippen molar-refractivity contribution in [1.29, 1.82) is 0 Å². The lowest BCUT2D eigenvalue weighted by molar-refractivity contribution is -0.137. The molecule has 0 heterocycles. The van der Waals surface area contributed by atoms with Crippen molar-refractivity contribution >= 4 is 23.9 Å². The Balaban J connectivity index is 1.98. The number of carbonyl (C=O) groups is 1. The van der Waals surface area contributed by atoms with Crippen molar-refractivity contribution in [2.75, 3.05) is 13.7 Å². The van der Waals surface area contributed by atoms with Crippen molar-refractivity contribution < 1.29 is 14.3 Å². The molecule has 2 aromatic carbocycles. The van der Waals surface area contributed by atoms with Crippen LogP contribution in [0.2, 0.25) is 0 Å². The summed E-state index contributed by atoms with van der Waals surface area (Å²) in [6.07, 6.45) is 4.93. The largest absolute Gasteiger partial charge is 0.497 e. The molecule has 0 saturated carbocycles. The zero-order valence-electron chi connectivity index (χ0n) is 13.2. The van der Waals surface area contributed by atoms with E-state index in [1.807, 2.05) is 48.5 Å². The van der Waals surface area contributed by atoms with Crippen LogP contribution in [0.1, 0.15) is 18.1 Å². The molecule has 23 heavy (non-hydrogen) atoms. The third-order valence-electron chi connectivity index (χ3n) is 3.07. The maximum atomic E-state index is 11.2. The number of ether oxygens (including phenoxy) is 2. The summed E-state index contributed by atoms with van der Waals surface area (Å²) in [4.78, 5) is 15.7. The molecule has 0 bridgehead atoms. The van der Waals surface area contributed by atoms with E-state index in [9.17, 15) is 4.79 Å². The van der Waals surface area contributed by atoms with E-state index in [0.717, 1.165) is 22.6 Å². The molecule has 4 heteroatoms. The van der Waals surface area contributed by atoms with Crippen molar-refractivity contribution in [2.24, 2.45) is 4.99 Å². The molecule has 0 N–H and O–H groups in total. The highest BCUT2D eigenvalue weighted by Gasteiger charge is 1.95. The minimum Gasteiger partial charge on any atom is -0.497 e. The van der Waals surface area contributed by atoms with Gasteiger partial charge in [-0.15, -0.1) is 0 Å². The number of carbonyl (C=O) groups excluding carboxylic acids is 1. The summed E-state index contributed by atoms with van der Waals surface area (Å²) >= 11 is 0. The summed E-state index contributed by atoms with van der Waals surface area (Å²) < 4.78 is 9.95. The Bertz CT molecular complexity index is 686. The van der Waals surface area contributed by atoms with Crippen LogP contribution in [0.15, 0.2) is 59.6 Å². The molecule has 4 nitrogen and oxygen atoms in total. The van der Waals surface area contributed by atoms with Gasteiger partial charge in [0.1, 0.15) is 5.75 Å². The Morgan fingerprint density at radius 2 is 1.70 bits per heavy atom. The van der Waals surface area contributed by atoms with Gasteiger partial charge in [0.25, 0.3) is 0 Å². The molecular formula is C19H19NO3. The Morgan fingerprint density at radius 3 is 2.30 bits per heavy atom.